The fourth-order valence-corrected chi connectivity index (χ4v) is 2.62. The number of aliphatic hydroxyl groups is 1. The summed E-state index contributed by atoms with van der Waals surface area (Å²) in [5.74, 6) is 1.10. The summed E-state index contributed by atoms with van der Waals surface area (Å²) < 4.78 is 5.46. The van der Waals surface area contributed by atoms with Crippen molar-refractivity contribution in [3.05, 3.63) is 29.8 Å². The van der Waals surface area contributed by atoms with Crippen molar-refractivity contribution in [2.75, 3.05) is 13.2 Å². The lowest BCUT2D eigenvalue weighted by molar-refractivity contribution is -0.123. The number of hydrogen-bond donors (Lipinski definition) is 2. The van der Waals surface area contributed by atoms with Gasteiger partial charge in [-0.3, -0.25) is 4.79 Å². The first-order valence-electron chi connectivity index (χ1n) is 7.38. The van der Waals surface area contributed by atoms with Crippen LogP contribution in [0.25, 0.3) is 0 Å². The Morgan fingerprint density at radius 2 is 2.00 bits per heavy atom. The maximum atomic E-state index is 11.8. The van der Waals surface area contributed by atoms with Gasteiger partial charge in [-0.25, -0.2) is 0 Å². The number of hydrogen-bond acceptors (Lipinski definition) is 3. The van der Waals surface area contributed by atoms with Gasteiger partial charge in [-0.2, -0.15) is 0 Å². The van der Waals surface area contributed by atoms with Crippen molar-refractivity contribution in [3.8, 4) is 5.75 Å². The number of rotatable bonds is 6. The molecule has 0 aromatic heterocycles. The predicted molar refractivity (Wildman–Crippen MR) is 77.4 cm³/mol. The zero-order valence-electron chi connectivity index (χ0n) is 11.8. The highest BCUT2D eigenvalue weighted by atomic mass is 16.5. The molecule has 0 radical (unpaired) electrons. The molecule has 0 atom stereocenters. The highest BCUT2D eigenvalue weighted by Crippen LogP contribution is 2.22. The van der Waals surface area contributed by atoms with E-state index in [1.807, 2.05) is 12.1 Å². The van der Waals surface area contributed by atoms with Crippen molar-refractivity contribution in [1.82, 2.24) is 5.32 Å². The SMILES string of the molecule is O=C(COc1ccccc1CO)NCC1CCCCC1. The van der Waals surface area contributed by atoms with Crippen LogP contribution in [0.5, 0.6) is 5.75 Å². The molecule has 1 aromatic rings. The molecule has 0 bridgehead atoms. The zero-order chi connectivity index (χ0) is 14.2. The van der Waals surface area contributed by atoms with E-state index in [9.17, 15) is 9.90 Å². The van der Waals surface area contributed by atoms with Crippen LogP contribution in [0.2, 0.25) is 0 Å². The fraction of sp³-hybridized carbons (Fsp3) is 0.562. The summed E-state index contributed by atoms with van der Waals surface area (Å²) in [4.78, 5) is 11.8. The fourth-order valence-electron chi connectivity index (χ4n) is 2.62. The van der Waals surface area contributed by atoms with Gasteiger partial charge >= 0.3 is 0 Å². The van der Waals surface area contributed by atoms with E-state index in [1.54, 1.807) is 12.1 Å². The number of para-hydroxylation sites is 1. The van der Waals surface area contributed by atoms with Crippen molar-refractivity contribution < 1.29 is 14.6 Å². The summed E-state index contributed by atoms with van der Waals surface area (Å²) in [7, 11) is 0. The van der Waals surface area contributed by atoms with Gasteiger partial charge in [0.1, 0.15) is 5.75 Å². The highest BCUT2D eigenvalue weighted by molar-refractivity contribution is 5.77. The molecule has 1 fully saturated rings. The van der Waals surface area contributed by atoms with Gasteiger partial charge in [0.15, 0.2) is 6.61 Å². The van der Waals surface area contributed by atoms with Gasteiger partial charge in [0.25, 0.3) is 5.91 Å². The Morgan fingerprint density at radius 1 is 1.25 bits per heavy atom. The van der Waals surface area contributed by atoms with E-state index < -0.39 is 0 Å². The topological polar surface area (TPSA) is 58.6 Å². The Balaban J connectivity index is 1.71. The molecule has 2 N–H and O–H groups in total. The van der Waals surface area contributed by atoms with Crippen molar-refractivity contribution in [2.24, 2.45) is 5.92 Å². The van der Waals surface area contributed by atoms with Crippen LogP contribution in [0.3, 0.4) is 0 Å². The Morgan fingerprint density at radius 3 is 2.75 bits per heavy atom. The lowest BCUT2D eigenvalue weighted by Gasteiger charge is -2.21. The first-order valence-corrected chi connectivity index (χ1v) is 7.38. The van der Waals surface area contributed by atoms with Gasteiger partial charge in [-0.1, -0.05) is 37.5 Å². The smallest absolute Gasteiger partial charge is 0.257 e. The van der Waals surface area contributed by atoms with Crippen LogP contribution >= 0.6 is 0 Å². The molecule has 1 aliphatic rings. The number of nitrogens with one attached hydrogen (secondary N) is 1. The van der Waals surface area contributed by atoms with E-state index in [2.05, 4.69) is 5.32 Å². The molecule has 110 valence electrons. The second-order valence-corrected chi connectivity index (χ2v) is 5.36. The second-order valence-electron chi connectivity index (χ2n) is 5.36. The van der Waals surface area contributed by atoms with Gasteiger partial charge in [0, 0.05) is 12.1 Å². The Bertz CT molecular complexity index is 427. The van der Waals surface area contributed by atoms with Crippen LogP contribution < -0.4 is 10.1 Å². The normalized spacial score (nSPS) is 15.8. The minimum atomic E-state index is -0.0942. The second kappa shape index (κ2) is 7.90. The monoisotopic (exact) mass is 277 g/mol. The average molecular weight is 277 g/mol. The lowest BCUT2D eigenvalue weighted by Crippen LogP contribution is -2.33. The third kappa shape index (κ3) is 4.53. The molecular weight excluding hydrogens is 254 g/mol. The van der Waals surface area contributed by atoms with E-state index in [1.165, 1.54) is 32.1 Å². The van der Waals surface area contributed by atoms with E-state index in [-0.39, 0.29) is 19.1 Å². The molecule has 4 nitrogen and oxygen atoms in total. The number of ether oxygens (including phenoxy) is 1. The van der Waals surface area contributed by atoms with Crippen molar-refractivity contribution >= 4 is 5.91 Å². The van der Waals surface area contributed by atoms with Crippen LogP contribution in [0, 0.1) is 5.92 Å². The molecule has 1 aliphatic carbocycles. The van der Waals surface area contributed by atoms with Gasteiger partial charge in [-0.15, -0.1) is 0 Å². The Labute approximate surface area is 120 Å². The molecule has 4 heteroatoms. The van der Waals surface area contributed by atoms with Crippen LogP contribution in [0.4, 0.5) is 0 Å². The van der Waals surface area contributed by atoms with Crippen molar-refractivity contribution in [3.63, 3.8) is 0 Å². The van der Waals surface area contributed by atoms with Crippen LogP contribution in [-0.4, -0.2) is 24.2 Å². The minimum absolute atomic E-state index is 0.00370. The van der Waals surface area contributed by atoms with Crippen molar-refractivity contribution in [2.45, 2.75) is 38.7 Å². The first kappa shape index (κ1) is 14.9. The third-order valence-corrected chi connectivity index (χ3v) is 3.81. The molecule has 1 amide bonds. The molecule has 1 aromatic carbocycles. The molecular formula is C16H23NO3. The summed E-state index contributed by atoms with van der Waals surface area (Å²) >= 11 is 0. The predicted octanol–water partition coefficient (Wildman–Crippen LogP) is 2.25. The van der Waals surface area contributed by atoms with E-state index in [0.717, 1.165) is 6.54 Å². The maximum Gasteiger partial charge on any atom is 0.257 e. The Kier molecular flexibility index (Phi) is 5.87. The average Bonchev–Trinajstić information content (AvgIpc) is 2.52. The summed E-state index contributed by atoms with van der Waals surface area (Å²) in [6, 6.07) is 7.21. The zero-order valence-corrected chi connectivity index (χ0v) is 11.8. The summed E-state index contributed by atoms with van der Waals surface area (Å²) in [6.07, 6.45) is 6.32. The van der Waals surface area contributed by atoms with Gasteiger partial charge in [-0.05, 0) is 24.8 Å². The van der Waals surface area contributed by atoms with Crippen molar-refractivity contribution in [1.29, 1.82) is 0 Å². The van der Waals surface area contributed by atoms with E-state index >= 15 is 0 Å². The molecule has 1 saturated carbocycles. The molecule has 0 spiro atoms. The van der Waals surface area contributed by atoms with E-state index in [0.29, 0.717) is 17.2 Å². The largest absolute Gasteiger partial charge is 0.483 e. The highest BCUT2D eigenvalue weighted by Gasteiger charge is 2.14. The number of benzene rings is 1. The Hall–Kier alpha value is -1.55. The molecule has 0 heterocycles. The maximum absolute atomic E-state index is 11.8. The quantitative estimate of drug-likeness (QED) is 0.838. The van der Waals surface area contributed by atoms with E-state index in [4.69, 9.17) is 4.74 Å². The summed E-state index contributed by atoms with van der Waals surface area (Å²) in [5, 5.41) is 12.1. The molecule has 0 aliphatic heterocycles. The van der Waals surface area contributed by atoms with Crippen LogP contribution in [0.1, 0.15) is 37.7 Å². The third-order valence-electron chi connectivity index (χ3n) is 3.81. The van der Waals surface area contributed by atoms with Crippen LogP contribution in [-0.2, 0) is 11.4 Å². The molecule has 0 saturated heterocycles. The molecule has 20 heavy (non-hydrogen) atoms. The number of amides is 1. The summed E-state index contributed by atoms with van der Waals surface area (Å²) in [6.45, 7) is 0.674. The van der Waals surface area contributed by atoms with Gasteiger partial charge < -0.3 is 15.2 Å². The van der Waals surface area contributed by atoms with Gasteiger partial charge in [0.05, 0.1) is 6.61 Å². The molecule has 2 rings (SSSR count). The summed E-state index contributed by atoms with van der Waals surface area (Å²) in [5.41, 5.74) is 0.701. The number of aliphatic hydroxyl groups excluding tert-OH is 1. The number of carbonyl (C=O) groups is 1. The number of carbonyl (C=O) groups excluding carboxylic acids is 1. The first-order chi connectivity index (χ1) is 9.79. The van der Waals surface area contributed by atoms with Gasteiger partial charge in [0.2, 0.25) is 0 Å². The molecule has 0 unspecified atom stereocenters. The minimum Gasteiger partial charge on any atom is -0.483 e. The van der Waals surface area contributed by atoms with Crippen LogP contribution in [0.15, 0.2) is 24.3 Å². The lowest BCUT2D eigenvalue weighted by atomic mass is 9.89. The standard InChI is InChI=1S/C16H23NO3/c18-11-14-8-4-5-9-15(14)20-12-16(19)17-10-13-6-2-1-3-7-13/h4-5,8-9,13,18H,1-3,6-7,10-12H2,(H,17,19).